The molecule has 0 aliphatic rings. The maximum absolute atomic E-state index is 5.69. The number of hydrogen-bond donors (Lipinski definition) is 1. The summed E-state index contributed by atoms with van der Waals surface area (Å²) in [5.74, 6) is 1.71. The van der Waals surface area contributed by atoms with Crippen molar-refractivity contribution in [1.29, 1.82) is 0 Å². The van der Waals surface area contributed by atoms with E-state index < -0.39 is 0 Å². The second-order valence-electron chi connectivity index (χ2n) is 4.70. The molecule has 0 saturated carbocycles. The molecule has 2 rings (SSSR count). The van der Waals surface area contributed by atoms with Gasteiger partial charge < -0.3 is 14.5 Å². The van der Waals surface area contributed by atoms with Gasteiger partial charge in [0.15, 0.2) is 0 Å². The van der Waals surface area contributed by atoms with E-state index >= 15 is 0 Å². The molecule has 0 fully saturated rings. The van der Waals surface area contributed by atoms with E-state index in [4.69, 9.17) is 9.15 Å². The van der Waals surface area contributed by atoms with Crippen molar-refractivity contribution in [2.75, 3.05) is 0 Å². The van der Waals surface area contributed by atoms with Gasteiger partial charge in [0.05, 0.1) is 6.26 Å². The molecule has 0 radical (unpaired) electrons. The fourth-order valence-electron chi connectivity index (χ4n) is 1.63. The molecule has 0 spiro atoms. The first-order valence-electron chi connectivity index (χ1n) is 6.31. The Morgan fingerprint density at radius 3 is 2.89 bits per heavy atom. The van der Waals surface area contributed by atoms with E-state index in [-0.39, 0.29) is 0 Å². The van der Waals surface area contributed by atoms with Gasteiger partial charge in [0.25, 0.3) is 0 Å². The van der Waals surface area contributed by atoms with E-state index in [0.717, 1.165) is 27.2 Å². The number of furan rings is 1. The zero-order valence-electron chi connectivity index (χ0n) is 11.2. The molecular weight excluding hydrogens is 353 g/mol. The summed E-state index contributed by atoms with van der Waals surface area (Å²) in [7, 11) is 0. The Morgan fingerprint density at radius 1 is 1.32 bits per heavy atom. The summed E-state index contributed by atoms with van der Waals surface area (Å²) in [6.45, 7) is 5.54. The van der Waals surface area contributed by atoms with Crippen LogP contribution in [0.2, 0.25) is 0 Å². The zero-order chi connectivity index (χ0) is 13.7. The molecule has 1 heterocycles. The van der Waals surface area contributed by atoms with Gasteiger partial charge in [-0.3, -0.25) is 0 Å². The van der Waals surface area contributed by atoms with Crippen molar-refractivity contribution < 1.29 is 9.15 Å². The van der Waals surface area contributed by atoms with Crippen LogP contribution in [-0.2, 0) is 13.2 Å². The average molecular weight is 371 g/mol. The minimum Gasteiger partial charge on any atom is -0.486 e. The second kappa shape index (κ2) is 6.96. The fourth-order valence-corrected chi connectivity index (χ4v) is 2.14. The highest BCUT2D eigenvalue weighted by atomic mass is 127. The van der Waals surface area contributed by atoms with E-state index in [1.54, 1.807) is 6.26 Å². The molecule has 2 aromatic rings. The van der Waals surface area contributed by atoms with Gasteiger partial charge in [0.1, 0.15) is 18.1 Å². The van der Waals surface area contributed by atoms with Crippen LogP contribution >= 0.6 is 22.6 Å². The van der Waals surface area contributed by atoms with Crippen LogP contribution in [0.25, 0.3) is 0 Å². The topological polar surface area (TPSA) is 34.4 Å². The van der Waals surface area contributed by atoms with Gasteiger partial charge in [-0.1, -0.05) is 19.9 Å². The minimum atomic E-state index is 0.460. The lowest BCUT2D eigenvalue weighted by atomic mass is 10.3. The van der Waals surface area contributed by atoms with Gasteiger partial charge in [0.2, 0.25) is 0 Å². The minimum absolute atomic E-state index is 0.460. The van der Waals surface area contributed by atoms with E-state index in [1.165, 1.54) is 0 Å². The Hall–Kier alpha value is -1.01. The number of nitrogens with one attached hydrogen (secondary N) is 1. The van der Waals surface area contributed by atoms with Gasteiger partial charge in [-0.15, -0.1) is 0 Å². The number of benzene rings is 1. The largest absolute Gasteiger partial charge is 0.486 e. The van der Waals surface area contributed by atoms with Crippen molar-refractivity contribution >= 4 is 22.6 Å². The highest BCUT2D eigenvalue weighted by Gasteiger charge is 2.04. The second-order valence-corrected chi connectivity index (χ2v) is 5.95. The summed E-state index contributed by atoms with van der Waals surface area (Å²) in [5.41, 5.74) is 1.15. The molecule has 0 unspecified atom stereocenters. The van der Waals surface area contributed by atoms with E-state index in [9.17, 15) is 0 Å². The predicted molar refractivity (Wildman–Crippen MR) is 84.2 cm³/mol. The maximum atomic E-state index is 5.69. The Bertz CT molecular complexity index is 522. The quantitative estimate of drug-likeness (QED) is 0.781. The smallest absolute Gasteiger partial charge is 0.146 e. The SMILES string of the molecule is CC(C)NCc1coc(COc2cccc(I)c2)c1. The molecule has 0 aliphatic carbocycles. The van der Waals surface area contributed by atoms with Crippen LogP contribution in [0.15, 0.2) is 41.0 Å². The third-order valence-electron chi connectivity index (χ3n) is 2.60. The van der Waals surface area contributed by atoms with Crippen LogP contribution in [-0.4, -0.2) is 6.04 Å². The summed E-state index contributed by atoms with van der Waals surface area (Å²) in [6.07, 6.45) is 1.78. The molecule has 19 heavy (non-hydrogen) atoms. The van der Waals surface area contributed by atoms with Crippen LogP contribution in [0.5, 0.6) is 5.75 Å². The zero-order valence-corrected chi connectivity index (χ0v) is 13.3. The summed E-state index contributed by atoms with van der Waals surface area (Å²) in [6, 6.07) is 10.5. The van der Waals surface area contributed by atoms with Crippen molar-refractivity contribution in [3.8, 4) is 5.75 Å². The van der Waals surface area contributed by atoms with Crippen molar-refractivity contribution in [1.82, 2.24) is 5.32 Å². The van der Waals surface area contributed by atoms with Crippen LogP contribution < -0.4 is 10.1 Å². The van der Waals surface area contributed by atoms with Crippen LogP contribution in [0.3, 0.4) is 0 Å². The molecule has 1 aromatic carbocycles. The lowest BCUT2D eigenvalue weighted by Gasteiger charge is -2.05. The summed E-state index contributed by atoms with van der Waals surface area (Å²) >= 11 is 2.27. The number of ether oxygens (including phenoxy) is 1. The van der Waals surface area contributed by atoms with Crippen molar-refractivity contribution in [3.63, 3.8) is 0 Å². The molecule has 0 bridgehead atoms. The normalized spacial score (nSPS) is 10.9. The Kier molecular flexibility index (Phi) is 5.27. The fraction of sp³-hybridized carbons (Fsp3) is 0.333. The molecule has 0 aliphatic heterocycles. The van der Waals surface area contributed by atoms with Gasteiger partial charge in [-0.25, -0.2) is 0 Å². The lowest BCUT2D eigenvalue weighted by Crippen LogP contribution is -2.21. The van der Waals surface area contributed by atoms with Crippen molar-refractivity contribution in [2.45, 2.75) is 33.0 Å². The number of halogens is 1. The van der Waals surface area contributed by atoms with E-state index in [1.807, 2.05) is 30.3 Å². The van der Waals surface area contributed by atoms with Crippen molar-refractivity contribution in [3.05, 3.63) is 51.5 Å². The van der Waals surface area contributed by atoms with Crippen LogP contribution in [0.1, 0.15) is 25.2 Å². The monoisotopic (exact) mass is 371 g/mol. The van der Waals surface area contributed by atoms with Crippen LogP contribution in [0.4, 0.5) is 0 Å². The third-order valence-corrected chi connectivity index (χ3v) is 3.27. The Balaban J connectivity index is 1.86. The molecule has 3 nitrogen and oxygen atoms in total. The van der Waals surface area contributed by atoms with Gasteiger partial charge in [0, 0.05) is 21.7 Å². The van der Waals surface area contributed by atoms with Gasteiger partial charge in [-0.2, -0.15) is 0 Å². The number of hydrogen-bond acceptors (Lipinski definition) is 3. The molecule has 102 valence electrons. The molecular formula is C15H18INO2. The summed E-state index contributed by atoms with van der Waals surface area (Å²) in [4.78, 5) is 0. The van der Waals surface area contributed by atoms with Crippen LogP contribution in [0, 0.1) is 3.57 Å². The first kappa shape index (κ1) is 14.4. The molecule has 1 aromatic heterocycles. The molecule has 0 amide bonds. The standard InChI is InChI=1S/C15H18INO2/c1-11(2)17-8-12-6-15(18-9-12)10-19-14-5-3-4-13(16)7-14/h3-7,9,11,17H,8,10H2,1-2H3. The van der Waals surface area contributed by atoms with E-state index in [2.05, 4.69) is 41.8 Å². The molecule has 0 atom stereocenters. The van der Waals surface area contributed by atoms with Gasteiger partial charge in [-0.05, 0) is 46.9 Å². The Labute approximate surface area is 127 Å². The highest BCUT2D eigenvalue weighted by molar-refractivity contribution is 14.1. The average Bonchev–Trinajstić information content (AvgIpc) is 2.82. The first-order valence-corrected chi connectivity index (χ1v) is 7.39. The maximum Gasteiger partial charge on any atom is 0.146 e. The first-order chi connectivity index (χ1) is 9.13. The molecule has 0 saturated heterocycles. The van der Waals surface area contributed by atoms with E-state index in [0.29, 0.717) is 12.6 Å². The third kappa shape index (κ3) is 4.87. The highest BCUT2D eigenvalue weighted by Crippen LogP contribution is 2.17. The predicted octanol–water partition coefficient (Wildman–Crippen LogP) is 3.96. The lowest BCUT2D eigenvalue weighted by molar-refractivity contribution is 0.270. The Morgan fingerprint density at radius 2 is 2.16 bits per heavy atom. The molecule has 1 N–H and O–H groups in total. The number of rotatable bonds is 6. The molecule has 4 heteroatoms. The van der Waals surface area contributed by atoms with Crippen molar-refractivity contribution in [2.24, 2.45) is 0 Å². The summed E-state index contributed by atoms with van der Waals surface area (Å²) < 4.78 is 12.3. The van der Waals surface area contributed by atoms with Gasteiger partial charge >= 0.3 is 0 Å². The summed E-state index contributed by atoms with van der Waals surface area (Å²) in [5, 5.41) is 3.35.